The van der Waals surface area contributed by atoms with Gasteiger partial charge in [-0.2, -0.15) is 0 Å². The Morgan fingerprint density at radius 2 is 1.94 bits per heavy atom. The molecule has 0 radical (unpaired) electrons. The first-order chi connectivity index (χ1) is 15.1. The van der Waals surface area contributed by atoms with E-state index in [-0.39, 0.29) is 18.5 Å². The Labute approximate surface area is 186 Å². The Morgan fingerprint density at radius 3 is 2.71 bits per heavy atom. The molecule has 2 aromatic rings. The molecule has 1 aromatic heterocycles. The largest absolute Gasteiger partial charge is 0.439 e. The molecule has 2 fully saturated rings. The molecule has 1 saturated heterocycles. The van der Waals surface area contributed by atoms with Crippen LogP contribution in [0.4, 0.5) is 10.5 Å². The third-order valence-corrected chi connectivity index (χ3v) is 7.01. The van der Waals surface area contributed by atoms with E-state index in [1.807, 2.05) is 4.90 Å². The van der Waals surface area contributed by atoms with Crippen molar-refractivity contribution in [2.75, 3.05) is 25.0 Å². The zero-order valence-electron chi connectivity index (χ0n) is 17.6. The number of hydrogen-bond donors (Lipinski definition) is 3. The first-order valence-corrected chi connectivity index (χ1v) is 11.6. The van der Waals surface area contributed by atoms with Gasteiger partial charge in [0.05, 0.1) is 29.3 Å². The van der Waals surface area contributed by atoms with Crippen molar-refractivity contribution in [2.45, 2.75) is 63.5 Å². The number of oxazole rings is 1. The summed E-state index contributed by atoms with van der Waals surface area (Å²) in [4.78, 5) is 31.3. The number of likely N-dealkylation sites (tertiary alicyclic amines) is 1. The van der Waals surface area contributed by atoms with E-state index in [0.717, 1.165) is 63.6 Å². The molecule has 3 heterocycles. The molecule has 1 aliphatic carbocycles. The Bertz CT molecular complexity index is 1010. The van der Waals surface area contributed by atoms with E-state index < -0.39 is 5.54 Å². The average Bonchev–Trinajstić information content (AvgIpc) is 3.17. The fourth-order valence-electron chi connectivity index (χ4n) is 5.22. The van der Waals surface area contributed by atoms with Crippen LogP contribution in [0.3, 0.4) is 0 Å². The maximum absolute atomic E-state index is 12.4. The van der Waals surface area contributed by atoms with Gasteiger partial charge in [0, 0.05) is 18.7 Å². The minimum absolute atomic E-state index is 0.115. The maximum atomic E-state index is 12.4. The van der Waals surface area contributed by atoms with Gasteiger partial charge in [0.1, 0.15) is 5.52 Å². The lowest BCUT2D eigenvalue weighted by Crippen LogP contribution is -2.52. The van der Waals surface area contributed by atoms with Crippen molar-refractivity contribution in [1.29, 1.82) is 0 Å². The van der Waals surface area contributed by atoms with Crippen molar-refractivity contribution in [1.82, 2.24) is 20.5 Å². The Hall–Kier alpha value is -2.32. The summed E-state index contributed by atoms with van der Waals surface area (Å²) in [6.45, 7) is 2.30. The molecule has 9 heteroatoms. The molecule has 0 atom stereocenters. The predicted octanol–water partition coefficient (Wildman–Crippen LogP) is 3.88. The van der Waals surface area contributed by atoms with Crippen molar-refractivity contribution in [2.24, 2.45) is 0 Å². The molecule has 3 N–H and O–H groups in total. The summed E-state index contributed by atoms with van der Waals surface area (Å²) in [5, 5.41) is 9.64. The zero-order valence-corrected chi connectivity index (χ0v) is 18.3. The van der Waals surface area contributed by atoms with Gasteiger partial charge in [0.25, 0.3) is 0 Å². The Morgan fingerprint density at radius 1 is 1.19 bits per heavy atom. The quantitative estimate of drug-likeness (QED) is 0.663. The first-order valence-electron chi connectivity index (χ1n) is 11.3. The van der Waals surface area contributed by atoms with Gasteiger partial charge in [-0.1, -0.05) is 30.9 Å². The normalized spacial score (nSPS) is 20.4. The van der Waals surface area contributed by atoms with E-state index >= 15 is 0 Å². The first kappa shape index (κ1) is 20.6. The number of benzene rings is 1. The molecular formula is C22H28ClN5O3. The molecule has 1 saturated carbocycles. The van der Waals surface area contributed by atoms with Gasteiger partial charge in [0.2, 0.25) is 11.8 Å². The third kappa shape index (κ3) is 3.87. The van der Waals surface area contributed by atoms with Gasteiger partial charge < -0.3 is 20.0 Å². The Balaban J connectivity index is 1.39. The van der Waals surface area contributed by atoms with Crippen LogP contribution in [0.1, 0.15) is 62.8 Å². The van der Waals surface area contributed by atoms with Gasteiger partial charge in [-0.3, -0.25) is 10.1 Å². The van der Waals surface area contributed by atoms with Crippen LogP contribution in [0.5, 0.6) is 0 Å². The summed E-state index contributed by atoms with van der Waals surface area (Å²) in [5.74, 6) is 0.623. The minimum Gasteiger partial charge on any atom is -0.439 e. The number of hydrogen-bond acceptors (Lipinski definition) is 5. The average molecular weight is 446 g/mol. The van der Waals surface area contributed by atoms with Crippen molar-refractivity contribution in [3.8, 4) is 0 Å². The molecule has 166 valence electrons. The molecule has 0 unspecified atom stereocenters. The number of fused-ring (bicyclic) bond motifs is 4. The van der Waals surface area contributed by atoms with Crippen LogP contribution >= 0.6 is 11.6 Å². The van der Waals surface area contributed by atoms with E-state index in [4.69, 9.17) is 16.0 Å². The highest BCUT2D eigenvalue weighted by Crippen LogP contribution is 2.48. The van der Waals surface area contributed by atoms with Gasteiger partial charge in [-0.25, -0.2) is 9.78 Å². The second-order valence-corrected chi connectivity index (χ2v) is 9.24. The topological polar surface area (TPSA) is 99.5 Å². The van der Waals surface area contributed by atoms with Crippen LogP contribution in [0.2, 0.25) is 5.02 Å². The van der Waals surface area contributed by atoms with Crippen LogP contribution in [0.15, 0.2) is 10.5 Å². The van der Waals surface area contributed by atoms with E-state index in [0.29, 0.717) is 34.2 Å². The van der Waals surface area contributed by atoms with Crippen LogP contribution in [0, 0.1) is 0 Å². The van der Waals surface area contributed by atoms with Gasteiger partial charge in [0.15, 0.2) is 5.58 Å². The number of piperidine rings is 1. The zero-order chi connectivity index (χ0) is 21.4. The highest BCUT2D eigenvalue weighted by molar-refractivity contribution is 6.35. The fourth-order valence-corrected chi connectivity index (χ4v) is 5.47. The lowest BCUT2D eigenvalue weighted by atomic mass is 9.74. The van der Waals surface area contributed by atoms with E-state index in [2.05, 4.69) is 20.9 Å². The number of carbonyl (C=O) groups excluding carboxylic acids is 2. The maximum Gasteiger partial charge on any atom is 0.319 e. The number of urea groups is 1. The summed E-state index contributed by atoms with van der Waals surface area (Å²) < 4.78 is 6.16. The molecule has 31 heavy (non-hydrogen) atoms. The third-order valence-electron chi connectivity index (χ3n) is 6.72. The highest BCUT2D eigenvalue weighted by Gasteiger charge is 2.44. The van der Waals surface area contributed by atoms with Crippen molar-refractivity contribution in [3.05, 3.63) is 22.5 Å². The van der Waals surface area contributed by atoms with Gasteiger partial charge >= 0.3 is 6.03 Å². The Kier molecular flexibility index (Phi) is 5.52. The van der Waals surface area contributed by atoms with Crippen molar-refractivity contribution in [3.63, 3.8) is 0 Å². The molecule has 2 aliphatic heterocycles. The van der Waals surface area contributed by atoms with E-state index in [9.17, 15) is 9.59 Å². The molecule has 1 spiro atoms. The minimum atomic E-state index is -0.479. The van der Waals surface area contributed by atoms with Crippen LogP contribution in [-0.4, -0.2) is 41.5 Å². The number of aromatic nitrogens is 1. The molecule has 3 amide bonds. The summed E-state index contributed by atoms with van der Waals surface area (Å²) >= 11 is 6.54. The fraction of sp³-hybridized carbons (Fsp3) is 0.591. The number of anilines is 1. The van der Waals surface area contributed by atoms with Gasteiger partial charge in [-0.15, -0.1) is 0 Å². The lowest BCUT2D eigenvalue weighted by molar-refractivity contribution is -0.131. The predicted molar refractivity (Wildman–Crippen MR) is 118 cm³/mol. The smallest absolute Gasteiger partial charge is 0.319 e. The molecular weight excluding hydrogens is 418 g/mol. The molecule has 0 bridgehead atoms. The molecule has 8 nitrogen and oxygen atoms in total. The number of amides is 3. The standard InChI is InChI=1S/C22H28ClN5O3/c23-14-11-15-20(18-19(14)26-21(30)27-22(18)7-3-1-4-8-22)31-16(25-15)12-24-13-17(29)28-9-5-2-6-10-28/h11,24H,1-10,12-13H2,(H2,26,27,30). The molecule has 1 aromatic carbocycles. The molecule has 3 aliphatic rings. The summed E-state index contributed by atoms with van der Waals surface area (Å²) in [6.07, 6.45) is 8.28. The lowest BCUT2D eigenvalue weighted by Gasteiger charge is -2.42. The summed E-state index contributed by atoms with van der Waals surface area (Å²) in [6, 6.07) is 1.51. The summed E-state index contributed by atoms with van der Waals surface area (Å²) in [5.41, 5.74) is 2.38. The number of halogens is 1. The second-order valence-electron chi connectivity index (χ2n) is 8.83. The van der Waals surface area contributed by atoms with Crippen LogP contribution in [0.25, 0.3) is 11.1 Å². The second kappa shape index (κ2) is 8.31. The van der Waals surface area contributed by atoms with Gasteiger partial charge in [-0.05, 0) is 38.2 Å². The van der Waals surface area contributed by atoms with Crippen LogP contribution in [-0.2, 0) is 16.9 Å². The number of carbonyl (C=O) groups is 2. The number of nitrogens with one attached hydrogen (secondary N) is 3. The van der Waals surface area contributed by atoms with E-state index in [1.54, 1.807) is 6.07 Å². The van der Waals surface area contributed by atoms with E-state index in [1.165, 1.54) is 6.42 Å². The molecule has 5 rings (SSSR count). The van der Waals surface area contributed by atoms with Crippen molar-refractivity contribution < 1.29 is 14.0 Å². The number of rotatable bonds is 4. The monoisotopic (exact) mass is 445 g/mol. The highest BCUT2D eigenvalue weighted by atomic mass is 35.5. The SMILES string of the molecule is O=C1Nc2c(Cl)cc3nc(CNCC(=O)N4CCCCC4)oc3c2C2(CCCCC2)N1. The number of nitrogens with zero attached hydrogens (tertiary/aromatic N) is 2. The summed E-state index contributed by atoms with van der Waals surface area (Å²) in [7, 11) is 0. The van der Waals surface area contributed by atoms with Crippen LogP contribution < -0.4 is 16.0 Å². The van der Waals surface area contributed by atoms with Crippen molar-refractivity contribution >= 4 is 40.3 Å².